The van der Waals surface area contributed by atoms with Gasteiger partial charge in [0, 0.05) is 23.3 Å². The van der Waals surface area contributed by atoms with Crippen molar-refractivity contribution in [2.75, 3.05) is 0 Å². The number of rotatable bonds is 4. The first-order valence-electron chi connectivity index (χ1n) is 8.39. The summed E-state index contributed by atoms with van der Waals surface area (Å²) in [5.74, 6) is -0.331. The van der Waals surface area contributed by atoms with Gasteiger partial charge in [0.15, 0.2) is 0 Å². The summed E-state index contributed by atoms with van der Waals surface area (Å²) in [6.07, 6.45) is 3.91. The van der Waals surface area contributed by atoms with Crippen molar-refractivity contribution < 1.29 is 4.79 Å². The fourth-order valence-corrected chi connectivity index (χ4v) is 3.13. The Morgan fingerprint density at radius 1 is 1.12 bits per heavy atom. The van der Waals surface area contributed by atoms with Crippen LogP contribution in [0.15, 0.2) is 67.0 Å². The summed E-state index contributed by atoms with van der Waals surface area (Å²) in [5.41, 5.74) is 11.1. The average molecular weight is 342 g/mol. The van der Waals surface area contributed by atoms with Crippen LogP contribution in [0.2, 0.25) is 0 Å². The van der Waals surface area contributed by atoms with E-state index >= 15 is 0 Å². The van der Waals surface area contributed by atoms with Crippen molar-refractivity contribution in [3.8, 4) is 16.9 Å². The second-order valence-electron chi connectivity index (χ2n) is 6.32. The molecule has 2 N–H and O–H groups in total. The molecular formula is C21H18N4O. The number of pyridine rings is 1. The predicted molar refractivity (Wildman–Crippen MR) is 102 cm³/mol. The van der Waals surface area contributed by atoms with Gasteiger partial charge in [-0.25, -0.2) is 9.67 Å². The van der Waals surface area contributed by atoms with E-state index in [0.29, 0.717) is 0 Å². The minimum absolute atomic E-state index is 0.239. The van der Waals surface area contributed by atoms with Gasteiger partial charge in [-0.1, -0.05) is 18.2 Å². The number of amides is 1. The molecule has 5 heteroatoms. The van der Waals surface area contributed by atoms with E-state index in [2.05, 4.69) is 24.2 Å². The van der Waals surface area contributed by atoms with Crippen molar-refractivity contribution in [1.29, 1.82) is 0 Å². The summed E-state index contributed by atoms with van der Waals surface area (Å²) < 4.78 is 1.83. The van der Waals surface area contributed by atoms with E-state index in [9.17, 15) is 4.79 Å². The molecule has 0 aliphatic heterocycles. The van der Waals surface area contributed by atoms with Crippen molar-refractivity contribution >= 4 is 16.8 Å². The minimum Gasteiger partial charge on any atom is -0.369 e. The highest BCUT2D eigenvalue weighted by Crippen LogP contribution is 2.26. The van der Waals surface area contributed by atoms with Crippen LogP contribution in [0, 0.1) is 6.92 Å². The third-order valence-electron chi connectivity index (χ3n) is 4.37. The Bertz CT molecular complexity index is 1100. The smallest absolute Gasteiger partial charge is 0.221 e. The predicted octanol–water partition coefficient (Wildman–Crippen LogP) is 3.42. The van der Waals surface area contributed by atoms with Crippen molar-refractivity contribution in [3.05, 3.63) is 78.1 Å². The molecule has 2 aromatic heterocycles. The van der Waals surface area contributed by atoms with Crippen LogP contribution in [0.5, 0.6) is 0 Å². The van der Waals surface area contributed by atoms with Crippen LogP contribution in [0.4, 0.5) is 0 Å². The molecule has 0 bridgehead atoms. The molecule has 0 spiro atoms. The number of carbonyl (C=O) groups excluding carboxylic acids is 1. The zero-order valence-electron chi connectivity index (χ0n) is 14.4. The van der Waals surface area contributed by atoms with Gasteiger partial charge in [0.2, 0.25) is 5.91 Å². The normalized spacial score (nSPS) is 11.0. The van der Waals surface area contributed by atoms with E-state index in [1.54, 1.807) is 6.20 Å². The summed E-state index contributed by atoms with van der Waals surface area (Å²) in [6, 6.07) is 17.9. The van der Waals surface area contributed by atoms with Crippen LogP contribution >= 0.6 is 0 Å². The molecule has 0 saturated heterocycles. The van der Waals surface area contributed by atoms with Gasteiger partial charge >= 0.3 is 0 Å². The fourth-order valence-electron chi connectivity index (χ4n) is 3.13. The number of hydrogen-bond acceptors (Lipinski definition) is 3. The summed E-state index contributed by atoms with van der Waals surface area (Å²) >= 11 is 0. The number of fused-ring (bicyclic) bond motifs is 1. The van der Waals surface area contributed by atoms with E-state index in [0.717, 1.165) is 39.0 Å². The van der Waals surface area contributed by atoms with E-state index in [-0.39, 0.29) is 12.3 Å². The summed E-state index contributed by atoms with van der Waals surface area (Å²) in [4.78, 5) is 16.0. The molecule has 0 radical (unpaired) electrons. The molecule has 128 valence electrons. The van der Waals surface area contributed by atoms with Gasteiger partial charge in [0.1, 0.15) is 0 Å². The van der Waals surface area contributed by atoms with Crippen molar-refractivity contribution in [2.24, 2.45) is 5.73 Å². The highest BCUT2D eigenvalue weighted by molar-refractivity contribution is 5.87. The Morgan fingerprint density at radius 3 is 2.77 bits per heavy atom. The van der Waals surface area contributed by atoms with Gasteiger partial charge in [-0.3, -0.25) is 4.79 Å². The minimum atomic E-state index is -0.331. The van der Waals surface area contributed by atoms with Gasteiger partial charge in [-0.05, 0) is 54.4 Å². The van der Waals surface area contributed by atoms with E-state index in [1.807, 2.05) is 53.3 Å². The maximum absolute atomic E-state index is 11.2. The van der Waals surface area contributed by atoms with E-state index in [1.165, 1.54) is 0 Å². The Morgan fingerprint density at radius 2 is 2.00 bits per heavy atom. The monoisotopic (exact) mass is 342 g/mol. The second-order valence-corrected chi connectivity index (χ2v) is 6.32. The molecule has 0 saturated carbocycles. The molecule has 4 rings (SSSR count). The first-order valence-corrected chi connectivity index (χ1v) is 8.39. The Labute approximate surface area is 151 Å². The number of benzene rings is 2. The van der Waals surface area contributed by atoms with Gasteiger partial charge in [-0.2, -0.15) is 5.10 Å². The van der Waals surface area contributed by atoms with E-state index in [4.69, 9.17) is 10.7 Å². The molecule has 2 heterocycles. The first kappa shape index (κ1) is 16.0. The van der Waals surface area contributed by atoms with Crippen LogP contribution in [0.25, 0.3) is 27.8 Å². The largest absolute Gasteiger partial charge is 0.369 e. The van der Waals surface area contributed by atoms with Crippen molar-refractivity contribution in [2.45, 2.75) is 13.3 Å². The molecule has 0 atom stereocenters. The van der Waals surface area contributed by atoms with Crippen LogP contribution in [-0.2, 0) is 11.2 Å². The maximum atomic E-state index is 11.2. The third kappa shape index (κ3) is 3.07. The summed E-state index contributed by atoms with van der Waals surface area (Å²) in [5, 5.41) is 5.32. The molecule has 0 fully saturated rings. The number of carbonyl (C=O) groups is 1. The van der Waals surface area contributed by atoms with Crippen LogP contribution < -0.4 is 5.73 Å². The van der Waals surface area contributed by atoms with Crippen LogP contribution in [-0.4, -0.2) is 20.7 Å². The SMILES string of the molecule is Cc1cc(-c2cccc(-n3cccn3)c2)nc2ccc(CC(N)=O)cc12. The molecule has 1 amide bonds. The Balaban J connectivity index is 1.78. The quantitative estimate of drug-likeness (QED) is 0.617. The number of nitrogens with zero attached hydrogens (tertiary/aromatic N) is 3. The fraction of sp³-hybridized carbons (Fsp3) is 0.0952. The molecule has 26 heavy (non-hydrogen) atoms. The number of hydrogen-bond donors (Lipinski definition) is 1. The molecule has 5 nitrogen and oxygen atoms in total. The van der Waals surface area contributed by atoms with Gasteiger partial charge in [0.05, 0.1) is 23.3 Å². The highest BCUT2D eigenvalue weighted by Gasteiger charge is 2.08. The summed E-state index contributed by atoms with van der Waals surface area (Å²) in [7, 11) is 0. The molecular weight excluding hydrogens is 324 g/mol. The highest BCUT2D eigenvalue weighted by atomic mass is 16.1. The number of nitrogens with two attached hydrogens (primary N) is 1. The third-order valence-corrected chi connectivity index (χ3v) is 4.37. The van der Waals surface area contributed by atoms with Gasteiger partial charge < -0.3 is 5.73 Å². The molecule has 0 aliphatic rings. The molecule has 2 aromatic carbocycles. The van der Waals surface area contributed by atoms with Gasteiger partial charge in [-0.15, -0.1) is 0 Å². The van der Waals surface area contributed by atoms with Crippen LogP contribution in [0.1, 0.15) is 11.1 Å². The average Bonchev–Trinajstić information content (AvgIpc) is 3.16. The lowest BCUT2D eigenvalue weighted by Gasteiger charge is -2.10. The lowest BCUT2D eigenvalue weighted by molar-refractivity contribution is -0.117. The van der Waals surface area contributed by atoms with E-state index < -0.39 is 0 Å². The van der Waals surface area contributed by atoms with Gasteiger partial charge in [0.25, 0.3) is 0 Å². The van der Waals surface area contributed by atoms with Crippen molar-refractivity contribution in [3.63, 3.8) is 0 Å². The zero-order chi connectivity index (χ0) is 18.1. The standard InChI is InChI=1S/C21H18N4O/c1-14-10-20(16-4-2-5-17(13-16)25-9-3-8-23-25)24-19-7-6-15(11-18(14)19)12-21(22)26/h2-11,13H,12H2,1H3,(H2,22,26). The lowest BCUT2D eigenvalue weighted by atomic mass is 10.0. The topological polar surface area (TPSA) is 73.8 Å². The van der Waals surface area contributed by atoms with Crippen LogP contribution in [0.3, 0.4) is 0 Å². The second kappa shape index (κ2) is 6.44. The maximum Gasteiger partial charge on any atom is 0.221 e. The number of aryl methyl sites for hydroxylation is 1. The number of aromatic nitrogens is 3. The Hall–Kier alpha value is -3.47. The lowest BCUT2D eigenvalue weighted by Crippen LogP contribution is -2.13. The number of primary amides is 1. The first-order chi connectivity index (χ1) is 12.6. The molecule has 0 aliphatic carbocycles. The Kier molecular flexibility index (Phi) is 3.97. The molecule has 4 aromatic rings. The zero-order valence-corrected chi connectivity index (χ0v) is 14.4. The summed E-state index contributed by atoms with van der Waals surface area (Å²) in [6.45, 7) is 2.05. The molecule has 0 unspecified atom stereocenters. The van der Waals surface area contributed by atoms with Crippen molar-refractivity contribution in [1.82, 2.24) is 14.8 Å².